The Labute approximate surface area is 232 Å². The molecule has 0 radical (unpaired) electrons. The molecular weight excluding hydrogens is 498 g/mol. The molecule has 6 nitrogen and oxygen atoms in total. The molecule has 0 aliphatic rings. The molecule has 0 saturated heterocycles. The minimum absolute atomic E-state index is 0.248. The van der Waals surface area contributed by atoms with Crippen molar-refractivity contribution in [3.63, 3.8) is 0 Å². The van der Waals surface area contributed by atoms with Gasteiger partial charge in [-0.3, -0.25) is 4.79 Å². The van der Waals surface area contributed by atoms with Crippen LogP contribution in [-0.2, 0) is 0 Å². The van der Waals surface area contributed by atoms with Crippen molar-refractivity contribution in [3.8, 4) is 23.7 Å². The van der Waals surface area contributed by atoms with E-state index in [0.717, 1.165) is 39.2 Å². The van der Waals surface area contributed by atoms with Crippen LogP contribution in [0.2, 0.25) is 0 Å². The Morgan fingerprint density at radius 3 is 1.75 bits per heavy atom. The lowest BCUT2D eigenvalue weighted by Crippen LogP contribution is -2.13. The van der Waals surface area contributed by atoms with Gasteiger partial charge in [0.15, 0.2) is 0 Å². The molecule has 0 atom stereocenters. The van der Waals surface area contributed by atoms with Crippen LogP contribution in [0.1, 0.15) is 38.2 Å². The number of amides is 1. The summed E-state index contributed by atoms with van der Waals surface area (Å²) >= 11 is 0. The second-order valence-corrected chi connectivity index (χ2v) is 8.79. The third-order valence-electron chi connectivity index (χ3n) is 5.86. The van der Waals surface area contributed by atoms with Gasteiger partial charge in [0.25, 0.3) is 5.91 Å². The van der Waals surface area contributed by atoms with Crippen LogP contribution in [0, 0.1) is 23.7 Å². The summed E-state index contributed by atoms with van der Waals surface area (Å²) in [5.41, 5.74) is 7.38. The molecule has 3 aromatic carbocycles. The lowest BCUT2D eigenvalue weighted by atomic mass is 10.1. The zero-order chi connectivity index (χ0) is 27.7. The molecule has 5 rings (SSSR count). The predicted octanol–water partition coefficient (Wildman–Crippen LogP) is 7.05. The summed E-state index contributed by atoms with van der Waals surface area (Å²) in [7, 11) is 1.81. The Balaban J connectivity index is 1.31. The average molecular weight is 524 g/mol. The van der Waals surface area contributed by atoms with Crippen LogP contribution in [0.15, 0.2) is 119 Å². The molecule has 0 spiro atoms. The van der Waals surface area contributed by atoms with Crippen molar-refractivity contribution in [3.05, 3.63) is 144 Å². The molecule has 6 heteroatoms. The summed E-state index contributed by atoms with van der Waals surface area (Å²) in [6.45, 7) is 4.21. The first-order chi connectivity index (χ1) is 19.6. The van der Waals surface area contributed by atoms with Gasteiger partial charge in [-0.05, 0) is 66.7 Å². The van der Waals surface area contributed by atoms with E-state index in [1.165, 1.54) is 0 Å². The molecule has 40 heavy (non-hydrogen) atoms. The highest BCUT2D eigenvalue weighted by atomic mass is 16.3. The number of nitrogens with one attached hydrogen (secondary N) is 3. The van der Waals surface area contributed by atoms with Crippen LogP contribution in [0.3, 0.4) is 0 Å². The van der Waals surface area contributed by atoms with E-state index in [9.17, 15) is 4.79 Å². The number of benzene rings is 3. The highest BCUT2D eigenvalue weighted by Crippen LogP contribution is 2.24. The molecule has 0 aliphatic heterocycles. The van der Waals surface area contributed by atoms with E-state index >= 15 is 0 Å². The maximum Gasteiger partial charge on any atom is 0.255 e. The molecule has 5 aromatic rings. The molecule has 0 bridgehead atoms. The molecule has 2 heterocycles. The van der Waals surface area contributed by atoms with E-state index in [-0.39, 0.29) is 5.91 Å². The van der Waals surface area contributed by atoms with Crippen molar-refractivity contribution < 1.29 is 13.6 Å². The smallest absolute Gasteiger partial charge is 0.255 e. The van der Waals surface area contributed by atoms with Gasteiger partial charge in [-0.25, -0.2) is 0 Å². The van der Waals surface area contributed by atoms with Crippen LogP contribution >= 0.6 is 0 Å². The third-order valence-corrected chi connectivity index (χ3v) is 5.86. The van der Waals surface area contributed by atoms with Gasteiger partial charge >= 0.3 is 0 Å². The largest absolute Gasteiger partial charge is 0.471 e. The van der Waals surface area contributed by atoms with Crippen molar-refractivity contribution in [1.29, 1.82) is 0 Å². The first-order valence-electron chi connectivity index (χ1n) is 12.4. The van der Waals surface area contributed by atoms with Crippen molar-refractivity contribution in [2.24, 2.45) is 0 Å². The molecule has 0 unspecified atom stereocenters. The fraction of sp³-hybridized carbons (Fsp3) is 0.0294. The topological polar surface area (TPSA) is 79.4 Å². The van der Waals surface area contributed by atoms with Crippen molar-refractivity contribution in [2.45, 2.75) is 0 Å². The Morgan fingerprint density at radius 2 is 1.20 bits per heavy atom. The lowest BCUT2D eigenvalue weighted by molar-refractivity contribution is 0.102. The van der Waals surface area contributed by atoms with E-state index in [0.29, 0.717) is 16.9 Å². The summed E-state index contributed by atoms with van der Waals surface area (Å²) in [4.78, 5) is 13.2. The normalized spacial score (nSPS) is 9.93. The first kappa shape index (κ1) is 25.8. The summed E-state index contributed by atoms with van der Waals surface area (Å²) in [6.07, 6.45) is 6.36. The van der Waals surface area contributed by atoms with E-state index in [2.05, 4.69) is 46.2 Å². The summed E-state index contributed by atoms with van der Waals surface area (Å²) in [5, 5.41) is 9.42. The highest BCUT2D eigenvalue weighted by Gasteiger charge is 2.11. The van der Waals surface area contributed by atoms with E-state index < -0.39 is 0 Å². The van der Waals surface area contributed by atoms with Crippen LogP contribution in [0.25, 0.3) is 5.70 Å². The van der Waals surface area contributed by atoms with Gasteiger partial charge < -0.3 is 24.8 Å². The van der Waals surface area contributed by atoms with Gasteiger partial charge in [0.05, 0.1) is 23.7 Å². The lowest BCUT2D eigenvalue weighted by Gasteiger charge is -2.14. The Morgan fingerprint density at radius 1 is 0.650 bits per heavy atom. The van der Waals surface area contributed by atoms with Crippen LogP contribution in [0.4, 0.5) is 17.1 Å². The summed E-state index contributed by atoms with van der Waals surface area (Å²) in [5.74, 6) is 12.1. The van der Waals surface area contributed by atoms with Crippen LogP contribution in [-0.4, -0.2) is 13.0 Å². The Hall–Kier alpha value is -5.85. The highest BCUT2D eigenvalue weighted by molar-refractivity contribution is 6.05. The molecule has 1 amide bonds. The van der Waals surface area contributed by atoms with E-state index in [1.807, 2.05) is 60.7 Å². The van der Waals surface area contributed by atoms with Gasteiger partial charge in [0.2, 0.25) is 0 Å². The number of carbonyl (C=O) groups excluding carboxylic acids is 1. The molecule has 0 saturated carbocycles. The van der Waals surface area contributed by atoms with Gasteiger partial charge in [-0.15, -0.1) is 0 Å². The standard InChI is InChI=1S/C34H25N3O3/c1-24(36-31-7-3-5-25(17-31)9-11-27-13-15-39-22-27)29-19-30(21-33(20-29)35-2)34(38)37-32-8-4-6-26(18-32)10-12-28-14-16-40-23-28/h3-8,13-23,35-36H,1H2,2H3,(H,37,38). The molecular formula is C34H25N3O3. The van der Waals surface area contributed by atoms with Gasteiger partial charge in [-0.2, -0.15) is 0 Å². The number of hydrogen-bond donors (Lipinski definition) is 3. The fourth-order valence-corrected chi connectivity index (χ4v) is 3.84. The fourth-order valence-electron chi connectivity index (χ4n) is 3.84. The number of anilines is 3. The van der Waals surface area contributed by atoms with Crippen molar-refractivity contribution in [2.75, 3.05) is 23.0 Å². The molecule has 2 aromatic heterocycles. The number of rotatable bonds is 6. The average Bonchev–Trinajstić information content (AvgIpc) is 3.70. The second kappa shape index (κ2) is 12.1. The number of carbonyl (C=O) groups is 1. The van der Waals surface area contributed by atoms with Gasteiger partial charge in [0.1, 0.15) is 12.5 Å². The SMILES string of the molecule is C=C(Nc1cccc(C#Cc2ccoc2)c1)c1cc(NC)cc(C(=O)Nc2cccc(C#Cc3ccoc3)c2)c1. The number of furan rings is 2. The second-order valence-electron chi connectivity index (χ2n) is 8.79. The summed E-state index contributed by atoms with van der Waals surface area (Å²) < 4.78 is 10.1. The molecule has 0 fully saturated rings. The Kier molecular flexibility index (Phi) is 7.82. The minimum atomic E-state index is -0.248. The molecule has 0 aliphatic carbocycles. The third kappa shape index (κ3) is 6.72. The predicted molar refractivity (Wildman–Crippen MR) is 159 cm³/mol. The first-order valence-corrected chi connectivity index (χ1v) is 12.4. The zero-order valence-corrected chi connectivity index (χ0v) is 21.7. The van der Waals surface area contributed by atoms with Gasteiger partial charge in [-0.1, -0.05) is 42.4 Å². The van der Waals surface area contributed by atoms with Crippen molar-refractivity contribution >= 4 is 28.7 Å². The zero-order valence-electron chi connectivity index (χ0n) is 21.7. The Bertz CT molecular complexity index is 1650. The quantitative estimate of drug-likeness (QED) is 0.208. The number of hydrogen-bond acceptors (Lipinski definition) is 5. The van der Waals surface area contributed by atoms with E-state index in [1.54, 1.807) is 50.3 Å². The van der Waals surface area contributed by atoms with Crippen LogP contribution < -0.4 is 16.0 Å². The van der Waals surface area contributed by atoms with Crippen LogP contribution in [0.5, 0.6) is 0 Å². The maximum absolute atomic E-state index is 13.2. The maximum atomic E-state index is 13.2. The summed E-state index contributed by atoms with van der Waals surface area (Å²) in [6, 6.07) is 24.3. The van der Waals surface area contributed by atoms with E-state index in [4.69, 9.17) is 8.83 Å². The molecule has 3 N–H and O–H groups in total. The van der Waals surface area contributed by atoms with Gasteiger partial charge in [0, 0.05) is 52.1 Å². The minimum Gasteiger partial charge on any atom is -0.471 e. The molecule has 194 valence electrons. The monoisotopic (exact) mass is 523 g/mol. The van der Waals surface area contributed by atoms with Crippen molar-refractivity contribution in [1.82, 2.24) is 0 Å².